The molecule has 2 aromatic rings. The summed E-state index contributed by atoms with van der Waals surface area (Å²) in [5.74, 6) is 0.0771. The highest BCUT2D eigenvalue weighted by Crippen LogP contribution is 2.23. The molecule has 0 atom stereocenters. The Morgan fingerprint density at radius 2 is 2.20 bits per heavy atom. The second-order valence-corrected chi connectivity index (χ2v) is 4.41. The van der Waals surface area contributed by atoms with Crippen LogP contribution in [-0.4, -0.2) is 16.6 Å². The van der Waals surface area contributed by atoms with Crippen LogP contribution in [0.25, 0.3) is 0 Å². The average Bonchev–Trinajstić information content (AvgIpc) is 2.41. The summed E-state index contributed by atoms with van der Waals surface area (Å²) in [6, 6.07) is 8.11. The SMILES string of the molecule is CCOc1ccc(Nc2cccc(F)c2C(N)=S)cn1. The largest absolute Gasteiger partial charge is 0.478 e. The predicted octanol–water partition coefficient (Wildman–Crippen LogP) is 3.00. The van der Waals surface area contributed by atoms with Crippen LogP contribution in [0.2, 0.25) is 0 Å². The number of halogens is 1. The van der Waals surface area contributed by atoms with E-state index in [0.29, 0.717) is 23.9 Å². The molecule has 0 fully saturated rings. The van der Waals surface area contributed by atoms with Gasteiger partial charge in [0, 0.05) is 6.07 Å². The molecule has 1 aromatic heterocycles. The summed E-state index contributed by atoms with van der Waals surface area (Å²) in [7, 11) is 0. The summed E-state index contributed by atoms with van der Waals surface area (Å²) in [6.07, 6.45) is 1.60. The number of pyridine rings is 1. The number of hydrogen-bond donors (Lipinski definition) is 2. The van der Waals surface area contributed by atoms with Crippen LogP contribution in [0.3, 0.4) is 0 Å². The molecule has 1 aromatic carbocycles. The van der Waals surface area contributed by atoms with Crippen molar-refractivity contribution in [1.82, 2.24) is 4.98 Å². The minimum absolute atomic E-state index is 0.00416. The highest BCUT2D eigenvalue weighted by molar-refractivity contribution is 7.80. The van der Waals surface area contributed by atoms with Crippen molar-refractivity contribution in [2.45, 2.75) is 6.92 Å². The summed E-state index contributed by atoms with van der Waals surface area (Å²) >= 11 is 4.87. The number of nitrogens with two attached hydrogens (primary N) is 1. The van der Waals surface area contributed by atoms with Crippen LogP contribution in [0, 0.1) is 5.82 Å². The molecule has 0 aliphatic heterocycles. The summed E-state index contributed by atoms with van der Waals surface area (Å²) in [5, 5.41) is 3.04. The maximum atomic E-state index is 13.7. The van der Waals surface area contributed by atoms with E-state index in [1.807, 2.05) is 6.92 Å². The summed E-state index contributed by atoms with van der Waals surface area (Å²) < 4.78 is 19.0. The van der Waals surface area contributed by atoms with E-state index in [1.165, 1.54) is 6.07 Å². The third-order valence-electron chi connectivity index (χ3n) is 2.57. The van der Waals surface area contributed by atoms with E-state index < -0.39 is 5.82 Å². The minimum Gasteiger partial charge on any atom is -0.478 e. The smallest absolute Gasteiger partial charge is 0.213 e. The second-order valence-electron chi connectivity index (χ2n) is 3.97. The van der Waals surface area contributed by atoms with Crippen molar-refractivity contribution >= 4 is 28.6 Å². The van der Waals surface area contributed by atoms with Crippen molar-refractivity contribution in [1.29, 1.82) is 0 Å². The van der Waals surface area contributed by atoms with Crippen LogP contribution >= 0.6 is 12.2 Å². The number of rotatable bonds is 5. The number of aromatic nitrogens is 1. The van der Waals surface area contributed by atoms with E-state index in [9.17, 15) is 4.39 Å². The lowest BCUT2D eigenvalue weighted by Crippen LogP contribution is -2.14. The first-order chi connectivity index (χ1) is 9.61. The number of nitrogens with one attached hydrogen (secondary N) is 1. The number of hydrogen-bond acceptors (Lipinski definition) is 4. The number of thiocarbonyl (C=S) groups is 1. The summed E-state index contributed by atoms with van der Waals surface area (Å²) in [6.45, 7) is 2.43. The fourth-order valence-corrected chi connectivity index (χ4v) is 1.93. The molecule has 0 amide bonds. The zero-order chi connectivity index (χ0) is 14.5. The molecule has 1 heterocycles. The number of ether oxygens (including phenoxy) is 1. The van der Waals surface area contributed by atoms with E-state index in [-0.39, 0.29) is 10.6 Å². The predicted molar refractivity (Wildman–Crippen MR) is 81.0 cm³/mol. The third-order valence-corrected chi connectivity index (χ3v) is 2.77. The summed E-state index contributed by atoms with van der Waals surface area (Å²) in [5.41, 5.74) is 6.93. The van der Waals surface area contributed by atoms with Gasteiger partial charge in [-0.2, -0.15) is 0 Å². The highest BCUT2D eigenvalue weighted by Gasteiger charge is 2.11. The fourth-order valence-electron chi connectivity index (χ4n) is 1.72. The van der Waals surface area contributed by atoms with E-state index in [1.54, 1.807) is 30.5 Å². The molecular formula is C14H14FN3OS. The van der Waals surface area contributed by atoms with Gasteiger partial charge in [-0.1, -0.05) is 18.3 Å². The van der Waals surface area contributed by atoms with E-state index in [4.69, 9.17) is 22.7 Å². The van der Waals surface area contributed by atoms with Gasteiger partial charge in [-0.15, -0.1) is 0 Å². The van der Waals surface area contributed by atoms with Crippen molar-refractivity contribution in [3.63, 3.8) is 0 Å². The first kappa shape index (κ1) is 14.2. The molecule has 0 aliphatic rings. The van der Waals surface area contributed by atoms with Crippen LogP contribution in [0.4, 0.5) is 15.8 Å². The molecular weight excluding hydrogens is 277 g/mol. The van der Waals surface area contributed by atoms with Crippen LogP contribution in [-0.2, 0) is 0 Å². The van der Waals surface area contributed by atoms with Gasteiger partial charge in [-0.05, 0) is 25.1 Å². The Morgan fingerprint density at radius 1 is 1.40 bits per heavy atom. The lowest BCUT2D eigenvalue weighted by atomic mass is 10.1. The van der Waals surface area contributed by atoms with E-state index >= 15 is 0 Å². The Labute approximate surface area is 121 Å². The molecule has 0 unspecified atom stereocenters. The zero-order valence-electron chi connectivity index (χ0n) is 10.9. The molecule has 0 bridgehead atoms. The van der Waals surface area contributed by atoms with Crippen molar-refractivity contribution in [2.75, 3.05) is 11.9 Å². The minimum atomic E-state index is -0.457. The van der Waals surface area contributed by atoms with Gasteiger partial charge in [0.15, 0.2) is 0 Å². The molecule has 0 radical (unpaired) electrons. The lowest BCUT2D eigenvalue weighted by molar-refractivity contribution is 0.327. The van der Waals surface area contributed by atoms with Crippen LogP contribution < -0.4 is 15.8 Å². The lowest BCUT2D eigenvalue weighted by Gasteiger charge is -2.12. The second kappa shape index (κ2) is 6.29. The molecule has 3 N–H and O–H groups in total. The molecule has 20 heavy (non-hydrogen) atoms. The standard InChI is InChI=1S/C14H14FN3OS/c1-2-19-12-7-6-9(8-17-12)18-11-5-3-4-10(15)13(11)14(16)20/h3-8,18H,2H2,1H3,(H2,16,20). The Morgan fingerprint density at radius 3 is 2.80 bits per heavy atom. The molecule has 4 nitrogen and oxygen atoms in total. The number of anilines is 2. The molecule has 0 saturated carbocycles. The van der Waals surface area contributed by atoms with Crippen LogP contribution in [0.5, 0.6) is 5.88 Å². The topological polar surface area (TPSA) is 60.2 Å². The first-order valence-electron chi connectivity index (χ1n) is 6.06. The summed E-state index contributed by atoms with van der Waals surface area (Å²) in [4.78, 5) is 4.12. The van der Waals surface area contributed by atoms with Gasteiger partial charge in [-0.3, -0.25) is 0 Å². The van der Waals surface area contributed by atoms with Gasteiger partial charge in [0.25, 0.3) is 0 Å². The van der Waals surface area contributed by atoms with E-state index in [0.717, 1.165) is 0 Å². The van der Waals surface area contributed by atoms with Crippen molar-refractivity contribution in [3.05, 3.63) is 47.9 Å². The molecule has 2 rings (SSSR count). The van der Waals surface area contributed by atoms with Crippen LogP contribution in [0.1, 0.15) is 12.5 Å². The van der Waals surface area contributed by atoms with Gasteiger partial charge < -0.3 is 15.8 Å². The fraction of sp³-hybridized carbons (Fsp3) is 0.143. The Balaban J connectivity index is 2.26. The van der Waals surface area contributed by atoms with Crippen LogP contribution in [0.15, 0.2) is 36.5 Å². The molecule has 104 valence electrons. The Bertz CT molecular complexity index is 616. The zero-order valence-corrected chi connectivity index (χ0v) is 11.7. The third kappa shape index (κ3) is 3.21. The molecule has 6 heteroatoms. The van der Waals surface area contributed by atoms with Gasteiger partial charge in [0.1, 0.15) is 10.8 Å². The highest BCUT2D eigenvalue weighted by atomic mass is 32.1. The van der Waals surface area contributed by atoms with Gasteiger partial charge in [0.2, 0.25) is 5.88 Å². The van der Waals surface area contributed by atoms with Gasteiger partial charge in [-0.25, -0.2) is 9.37 Å². The Kier molecular flexibility index (Phi) is 4.47. The maximum Gasteiger partial charge on any atom is 0.213 e. The van der Waals surface area contributed by atoms with Gasteiger partial charge in [0.05, 0.1) is 29.7 Å². The van der Waals surface area contributed by atoms with E-state index in [2.05, 4.69) is 10.3 Å². The quantitative estimate of drug-likeness (QED) is 0.829. The normalized spacial score (nSPS) is 10.1. The molecule has 0 aliphatic carbocycles. The van der Waals surface area contributed by atoms with Crippen molar-refractivity contribution in [3.8, 4) is 5.88 Å². The van der Waals surface area contributed by atoms with Crippen molar-refractivity contribution in [2.24, 2.45) is 5.73 Å². The molecule has 0 spiro atoms. The first-order valence-corrected chi connectivity index (χ1v) is 6.47. The average molecular weight is 291 g/mol. The maximum absolute atomic E-state index is 13.7. The number of nitrogens with zero attached hydrogens (tertiary/aromatic N) is 1. The van der Waals surface area contributed by atoms with Gasteiger partial charge >= 0.3 is 0 Å². The van der Waals surface area contributed by atoms with Crippen molar-refractivity contribution < 1.29 is 9.13 Å². The Hall–Kier alpha value is -2.21. The number of benzene rings is 1. The molecule has 0 saturated heterocycles. The monoisotopic (exact) mass is 291 g/mol.